The van der Waals surface area contributed by atoms with Crippen LogP contribution in [0.2, 0.25) is 0 Å². The van der Waals surface area contributed by atoms with Crippen LogP contribution in [0.15, 0.2) is 0 Å². The third-order valence-corrected chi connectivity index (χ3v) is 14.9. The molecule has 1 saturated carbocycles. The van der Waals surface area contributed by atoms with Crippen molar-refractivity contribution in [3.63, 3.8) is 0 Å². The quantitative estimate of drug-likeness (QED) is 0.0266. The zero-order valence-corrected chi connectivity index (χ0v) is 43.1. The molecule has 0 bridgehead atoms. The lowest BCUT2D eigenvalue weighted by atomic mass is 9.84. The molecule has 12 N–H and O–H groups in total. The van der Waals surface area contributed by atoms with Crippen LogP contribution in [0.4, 0.5) is 0 Å². The lowest BCUT2D eigenvalue weighted by molar-refractivity contribution is -0.338. The molecular formula is C50H98NO17P. The Morgan fingerprint density at radius 1 is 0.536 bits per heavy atom. The maximum Gasteiger partial charge on any atom is 0.472 e. The fourth-order valence-electron chi connectivity index (χ4n) is 9.27. The predicted octanol–water partition coefficient (Wildman–Crippen LogP) is 5.47. The van der Waals surface area contributed by atoms with E-state index >= 15 is 0 Å². The number of hydrogen-bond acceptors (Lipinski definition) is 16. The van der Waals surface area contributed by atoms with Gasteiger partial charge in [0.2, 0.25) is 5.91 Å². The number of ether oxygens (including phenoxy) is 2. The van der Waals surface area contributed by atoms with Gasteiger partial charge in [-0.1, -0.05) is 200 Å². The van der Waals surface area contributed by atoms with E-state index in [1.54, 1.807) is 0 Å². The van der Waals surface area contributed by atoms with E-state index in [4.69, 9.17) is 18.5 Å². The Balaban J connectivity index is 1.96. The Hall–Kier alpha value is -0.900. The molecule has 2 aliphatic rings. The van der Waals surface area contributed by atoms with Gasteiger partial charge in [0.15, 0.2) is 6.29 Å². The summed E-state index contributed by atoms with van der Waals surface area (Å²) >= 11 is 0. The molecule has 0 aromatic rings. The van der Waals surface area contributed by atoms with Gasteiger partial charge in [0.25, 0.3) is 0 Å². The van der Waals surface area contributed by atoms with Gasteiger partial charge in [-0.05, 0) is 12.8 Å². The lowest BCUT2D eigenvalue weighted by Gasteiger charge is -2.47. The maximum atomic E-state index is 13.5. The first-order valence-electron chi connectivity index (χ1n) is 27.1. The molecule has 410 valence electrons. The molecule has 0 spiro atoms. The Kier molecular flexibility index (Phi) is 35.2. The van der Waals surface area contributed by atoms with E-state index in [-0.39, 0.29) is 12.8 Å². The number of hydrogen-bond donors (Lipinski definition) is 12. The summed E-state index contributed by atoms with van der Waals surface area (Å²) in [5, 5.41) is 108. The summed E-state index contributed by atoms with van der Waals surface area (Å²) < 4.78 is 34.8. The Labute approximate surface area is 413 Å². The average Bonchev–Trinajstić information content (AvgIpc) is 3.33. The number of carbonyl (C=O) groups is 1. The molecule has 1 heterocycles. The van der Waals surface area contributed by atoms with Crippen molar-refractivity contribution in [2.45, 2.75) is 298 Å². The van der Waals surface area contributed by atoms with Crippen molar-refractivity contribution in [2.75, 3.05) is 13.2 Å². The number of nitrogens with one attached hydrogen (secondary N) is 1. The van der Waals surface area contributed by atoms with Crippen LogP contribution in [0.5, 0.6) is 0 Å². The molecule has 0 radical (unpaired) electrons. The molecule has 1 saturated heterocycles. The third kappa shape index (κ3) is 25.7. The molecule has 1 amide bonds. The van der Waals surface area contributed by atoms with Crippen LogP contribution in [0.3, 0.4) is 0 Å². The van der Waals surface area contributed by atoms with Crippen molar-refractivity contribution >= 4 is 13.7 Å². The minimum absolute atomic E-state index is 0.167. The van der Waals surface area contributed by atoms with Crippen LogP contribution in [0, 0.1) is 0 Å². The second-order valence-corrected chi connectivity index (χ2v) is 21.3. The number of phosphoric ester groups is 1. The van der Waals surface area contributed by atoms with Crippen LogP contribution in [-0.2, 0) is 27.9 Å². The topological polar surface area (TPSA) is 306 Å². The Morgan fingerprint density at radius 3 is 1.33 bits per heavy atom. The molecule has 1 aliphatic heterocycles. The average molecular weight is 1020 g/mol. The lowest BCUT2D eigenvalue weighted by Crippen LogP contribution is -2.67. The number of amides is 1. The van der Waals surface area contributed by atoms with Crippen LogP contribution in [-0.4, -0.2) is 161 Å². The maximum absolute atomic E-state index is 13.5. The summed E-state index contributed by atoms with van der Waals surface area (Å²) in [6.45, 7) is 2.78. The second kappa shape index (κ2) is 37.8. The zero-order valence-electron chi connectivity index (χ0n) is 42.2. The fourth-order valence-corrected chi connectivity index (χ4v) is 10.2. The van der Waals surface area contributed by atoms with E-state index < -0.39 is 113 Å². The summed E-state index contributed by atoms with van der Waals surface area (Å²) in [6.07, 6.45) is 9.01. The van der Waals surface area contributed by atoms with E-state index in [2.05, 4.69) is 19.2 Å². The summed E-state index contributed by atoms with van der Waals surface area (Å²) in [5.74, 6) is -0.807. The van der Waals surface area contributed by atoms with Crippen LogP contribution in [0.25, 0.3) is 0 Å². The van der Waals surface area contributed by atoms with Crippen LogP contribution in [0.1, 0.15) is 213 Å². The normalized spacial score (nSPS) is 28.6. The molecular weight excluding hydrogens is 918 g/mol. The van der Waals surface area contributed by atoms with E-state index in [9.17, 15) is 65.3 Å². The first kappa shape index (κ1) is 64.2. The van der Waals surface area contributed by atoms with E-state index in [1.165, 1.54) is 122 Å². The summed E-state index contributed by atoms with van der Waals surface area (Å²) in [7, 11) is -5.39. The monoisotopic (exact) mass is 1020 g/mol. The number of aliphatic hydroxyl groups is 10. The second-order valence-electron chi connectivity index (χ2n) is 19.9. The van der Waals surface area contributed by atoms with E-state index in [0.29, 0.717) is 12.8 Å². The van der Waals surface area contributed by atoms with E-state index in [1.807, 2.05) is 0 Å². The first-order chi connectivity index (χ1) is 33.1. The number of aliphatic hydroxyl groups excluding tert-OH is 10. The Morgan fingerprint density at radius 2 is 0.913 bits per heavy atom. The summed E-state index contributed by atoms with van der Waals surface area (Å²) in [6, 6.07) is -1.31. The van der Waals surface area contributed by atoms with Crippen molar-refractivity contribution in [1.29, 1.82) is 0 Å². The number of rotatable bonds is 42. The number of phosphoric acid groups is 1. The van der Waals surface area contributed by atoms with Gasteiger partial charge in [-0.2, -0.15) is 0 Å². The minimum Gasteiger partial charge on any atom is -0.394 e. The van der Waals surface area contributed by atoms with Crippen molar-refractivity contribution in [2.24, 2.45) is 0 Å². The highest BCUT2D eigenvalue weighted by atomic mass is 31.2. The molecule has 2 fully saturated rings. The highest BCUT2D eigenvalue weighted by Crippen LogP contribution is 2.48. The highest BCUT2D eigenvalue weighted by Gasteiger charge is 2.55. The fraction of sp³-hybridized carbons (Fsp3) is 0.980. The zero-order chi connectivity index (χ0) is 51.0. The molecule has 1 aliphatic carbocycles. The highest BCUT2D eigenvalue weighted by molar-refractivity contribution is 7.47. The standard InChI is InChI=1S/C50H98NO17P/c1-3-5-7-9-11-13-15-17-18-19-21-23-25-27-29-31-33-38(54)49(62)51-36(37(53)32-30-28-26-24-22-20-16-14-12-10-8-6-4-2)35-65-69(63,64)68-48-45(60)43(58)42(57)44(59)47(48)67-50-46(61)41(56)40(55)39(34-52)66-50/h36-48,50,52-61H,3-35H2,1-2H3,(H,51,62)(H,63,64)/t36-,37+,38?,39+,40+,41?,42?,43?,44+,45?,46?,47?,48-,50+/m0/s1. The van der Waals surface area contributed by atoms with Gasteiger partial charge in [0, 0.05) is 0 Å². The number of carbonyl (C=O) groups excluding carboxylic acids is 1. The molecule has 0 aromatic heterocycles. The van der Waals surface area contributed by atoms with Crippen LogP contribution >= 0.6 is 7.82 Å². The minimum atomic E-state index is -5.39. The van der Waals surface area contributed by atoms with Gasteiger partial charge in [-0.25, -0.2) is 4.57 Å². The summed E-state index contributed by atoms with van der Waals surface area (Å²) in [5.41, 5.74) is 0. The van der Waals surface area contributed by atoms with Crippen molar-refractivity contribution in [1.82, 2.24) is 5.32 Å². The summed E-state index contributed by atoms with van der Waals surface area (Å²) in [4.78, 5) is 24.2. The van der Waals surface area contributed by atoms with Gasteiger partial charge >= 0.3 is 7.82 Å². The van der Waals surface area contributed by atoms with Gasteiger partial charge in [0.1, 0.15) is 67.1 Å². The predicted molar refractivity (Wildman–Crippen MR) is 262 cm³/mol. The molecule has 18 nitrogen and oxygen atoms in total. The third-order valence-electron chi connectivity index (χ3n) is 13.9. The largest absolute Gasteiger partial charge is 0.472 e. The molecule has 15 atom stereocenters. The van der Waals surface area contributed by atoms with Gasteiger partial charge in [-0.15, -0.1) is 0 Å². The van der Waals surface area contributed by atoms with E-state index in [0.717, 1.165) is 51.4 Å². The van der Waals surface area contributed by atoms with Crippen molar-refractivity contribution < 1.29 is 83.8 Å². The molecule has 19 heteroatoms. The van der Waals surface area contributed by atoms with Gasteiger partial charge in [0.05, 0.1) is 25.4 Å². The van der Waals surface area contributed by atoms with Crippen molar-refractivity contribution in [3.05, 3.63) is 0 Å². The molecule has 2 rings (SSSR count). The first-order valence-corrected chi connectivity index (χ1v) is 28.6. The SMILES string of the molecule is CCCCCCCCCCCCCCCCCCC(O)C(=O)N[C@@H](COP(=O)(O)O[C@H]1C(O)C(O)C(O)[C@@H](O)C1O[C@H]1O[C@H](CO)[C@@H](O)C(O)C1O)[C@H](O)CCCCCCCCCCCCCCC. The molecule has 8 unspecified atom stereocenters. The number of unbranched alkanes of at least 4 members (excludes halogenated alkanes) is 27. The van der Waals surface area contributed by atoms with Gasteiger partial charge in [-0.3, -0.25) is 13.8 Å². The van der Waals surface area contributed by atoms with Crippen LogP contribution < -0.4 is 5.32 Å². The Bertz CT molecular complexity index is 1320. The van der Waals surface area contributed by atoms with Crippen molar-refractivity contribution in [3.8, 4) is 0 Å². The van der Waals surface area contributed by atoms with Gasteiger partial charge < -0.3 is 70.7 Å². The molecule has 69 heavy (non-hydrogen) atoms. The smallest absolute Gasteiger partial charge is 0.394 e. The molecule has 0 aromatic carbocycles.